The van der Waals surface area contributed by atoms with Crippen LogP contribution in [0.15, 0.2) is 30.3 Å². The van der Waals surface area contributed by atoms with Crippen LogP contribution in [0.4, 0.5) is 4.39 Å². The monoisotopic (exact) mass is 447 g/mol. The standard InChI is InChI=1S/C24H30FN3O2.ClH/c1-4-15-13-20-19(21(25)18(15)5-2)11-12-27-14-24(20,23(26)30)17-9-7-16(8-10-17)22(29)28-6-3;/h7-10,13,27H,4-6,11-12,14H2,1-3H3,(H2,26,30)(H,28,29);1H/t24-;/m1./s1. The third-order valence-corrected chi connectivity index (χ3v) is 6.10. The van der Waals surface area contributed by atoms with Gasteiger partial charge >= 0.3 is 0 Å². The summed E-state index contributed by atoms with van der Waals surface area (Å²) in [6, 6.07) is 8.85. The Labute approximate surface area is 189 Å². The van der Waals surface area contributed by atoms with E-state index in [0.29, 0.717) is 60.2 Å². The van der Waals surface area contributed by atoms with Crippen LogP contribution in [0.1, 0.15) is 58.9 Å². The zero-order chi connectivity index (χ0) is 21.9. The minimum Gasteiger partial charge on any atom is -0.369 e. The second-order valence-electron chi connectivity index (χ2n) is 7.69. The lowest BCUT2D eigenvalue weighted by Gasteiger charge is -2.33. The Kier molecular flexibility index (Phi) is 8.21. The van der Waals surface area contributed by atoms with Gasteiger partial charge in [-0.1, -0.05) is 32.0 Å². The van der Waals surface area contributed by atoms with Crippen molar-refractivity contribution in [2.75, 3.05) is 19.6 Å². The molecule has 2 aromatic carbocycles. The Morgan fingerprint density at radius 3 is 2.39 bits per heavy atom. The number of rotatable bonds is 6. The van der Waals surface area contributed by atoms with Crippen LogP contribution in [-0.4, -0.2) is 31.4 Å². The molecule has 168 valence electrons. The van der Waals surface area contributed by atoms with Gasteiger partial charge in [-0.3, -0.25) is 9.59 Å². The predicted molar refractivity (Wildman–Crippen MR) is 123 cm³/mol. The van der Waals surface area contributed by atoms with Crippen molar-refractivity contribution >= 4 is 24.2 Å². The number of carbonyl (C=O) groups is 2. The van der Waals surface area contributed by atoms with Gasteiger partial charge in [-0.25, -0.2) is 4.39 Å². The molecule has 1 heterocycles. The van der Waals surface area contributed by atoms with Crippen molar-refractivity contribution in [1.82, 2.24) is 10.6 Å². The van der Waals surface area contributed by atoms with Crippen molar-refractivity contribution in [3.63, 3.8) is 0 Å². The molecule has 4 N–H and O–H groups in total. The summed E-state index contributed by atoms with van der Waals surface area (Å²) in [5, 5.41) is 6.04. The van der Waals surface area contributed by atoms with Gasteiger partial charge in [-0.2, -0.15) is 0 Å². The van der Waals surface area contributed by atoms with Crippen molar-refractivity contribution in [1.29, 1.82) is 0 Å². The first kappa shape index (κ1) is 24.8. The van der Waals surface area contributed by atoms with E-state index >= 15 is 4.39 Å². The van der Waals surface area contributed by atoms with E-state index in [9.17, 15) is 9.59 Å². The number of primary amides is 1. The summed E-state index contributed by atoms with van der Waals surface area (Å²) in [6.07, 6.45) is 1.76. The summed E-state index contributed by atoms with van der Waals surface area (Å²) in [6.45, 7) is 7.16. The highest BCUT2D eigenvalue weighted by Gasteiger charge is 2.44. The molecule has 0 bridgehead atoms. The van der Waals surface area contributed by atoms with E-state index in [4.69, 9.17) is 5.73 Å². The number of benzene rings is 2. The molecule has 3 rings (SSSR count). The molecule has 1 aliphatic heterocycles. The molecule has 0 radical (unpaired) electrons. The number of hydrogen-bond acceptors (Lipinski definition) is 3. The Morgan fingerprint density at radius 1 is 1.16 bits per heavy atom. The molecule has 1 atom stereocenters. The van der Waals surface area contributed by atoms with Gasteiger partial charge in [0.1, 0.15) is 11.2 Å². The average molecular weight is 448 g/mol. The Morgan fingerprint density at radius 2 is 1.84 bits per heavy atom. The van der Waals surface area contributed by atoms with E-state index in [1.165, 1.54) is 0 Å². The maximum atomic E-state index is 15.5. The van der Waals surface area contributed by atoms with Crippen molar-refractivity contribution in [2.45, 2.75) is 45.4 Å². The Balaban J connectivity index is 0.00000341. The number of amides is 2. The van der Waals surface area contributed by atoms with Gasteiger partial charge in [-0.15, -0.1) is 12.4 Å². The van der Waals surface area contributed by atoms with Crippen molar-refractivity contribution < 1.29 is 14.0 Å². The zero-order valence-electron chi connectivity index (χ0n) is 18.3. The molecule has 7 heteroatoms. The average Bonchev–Trinajstić information content (AvgIpc) is 2.94. The van der Waals surface area contributed by atoms with Gasteiger partial charge in [-0.05, 0) is 72.7 Å². The first-order valence-corrected chi connectivity index (χ1v) is 10.6. The molecule has 0 unspecified atom stereocenters. The van der Waals surface area contributed by atoms with Crippen LogP contribution in [-0.2, 0) is 29.5 Å². The fourth-order valence-electron chi connectivity index (χ4n) is 4.49. The molecular formula is C24H31ClFN3O2. The van der Waals surface area contributed by atoms with Gasteiger partial charge < -0.3 is 16.4 Å². The fraction of sp³-hybridized carbons (Fsp3) is 0.417. The fourth-order valence-corrected chi connectivity index (χ4v) is 4.49. The first-order chi connectivity index (χ1) is 14.4. The molecule has 0 spiro atoms. The summed E-state index contributed by atoms with van der Waals surface area (Å²) in [7, 11) is 0. The smallest absolute Gasteiger partial charge is 0.251 e. The highest BCUT2D eigenvalue weighted by molar-refractivity contribution is 5.95. The van der Waals surface area contributed by atoms with Gasteiger partial charge in [0, 0.05) is 18.7 Å². The Hall–Kier alpha value is -2.44. The zero-order valence-corrected chi connectivity index (χ0v) is 19.1. The normalized spacial score (nSPS) is 17.8. The van der Waals surface area contributed by atoms with Crippen LogP contribution >= 0.6 is 12.4 Å². The number of hydrogen-bond donors (Lipinski definition) is 3. The second kappa shape index (κ2) is 10.2. The first-order valence-electron chi connectivity index (χ1n) is 10.6. The van der Waals surface area contributed by atoms with Crippen molar-refractivity contribution in [3.8, 4) is 0 Å². The number of halogens is 2. The minimum atomic E-state index is -1.21. The minimum absolute atomic E-state index is 0. The SMILES string of the molecule is CCNC(=O)c1ccc([C@]2(C(N)=O)CNCCc3c2cc(CC)c(CC)c3F)cc1.Cl. The molecule has 5 nitrogen and oxygen atoms in total. The molecule has 2 amide bonds. The lowest BCUT2D eigenvalue weighted by molar-refractivity contribution is -0.122. The molecule has 1 aliphatic rings. The van der Waals surface area contributed by atoms with E-state index in [1.807, 2.05) is 26.8 Å². The summed E-state index contributed by atoms with van der Waals surface area (Å²) >= 11 is 0. The number of aryl methyl sites for hydroxylation is 1. The number of nitrogens with two attached hydrogens (primary N) is 1. The van der Waals surface area contributed by atoms with E-state index < -0.39 is 11.3 Å². The summed E-state index contributed by atoms with van der Waals surface area (Å²) in [4.78, 5) is 25.1. The summed E-state index contributed by atoms with van der Waals surface area (Å²) in [5.74, 6) is -0.932. The number of carbonyl (C=O) groups excluding carboxylic acids is 2. The highest BCUT2D eigenvalue weighted by Crippen LogP contribution is 2.39. The van der Waals surface area contributed by atoms with E-state index in [0.717, 1.165) is 5.56 Å². The molecule has 0 aromatic heterocycles. The van der Waals surface area contributed by atoms with Crippen LogP contribution in [0.5, 0.6) is 0 Å². The summed E-state index contributed by atoms with van der Waals surface area (Å²) < 4.78 is 15.5. The molecular weight excluding hydrogens is 417 g/mol. The molecule has 0 fully saturated rings. The van der Waals surface area contributed by atoms with Gasteiger partial charge in [0.05, 0.1) is 0 Å². The lowest BCUT2D eigenvalue weighted by Crippen LogP contribution is -2.49. The van der Waals surface area contributed by atoms with Gasteiger partial charge in [0.25, 0.3) is 5.91 Å². The molecule has 0 aliphatic carbocycles. The van der Waals surface area contributed by atoms with Crippen molar-refractivity contribution in [2.24, 2.45) is 5.73 Å². The summed E-state index contributed by atoms with van der Waals surface area (Å²) in [5.41, 5.74) is 8.76. The van der Waals surface area contributed by atoms with Crippen molar-refractivity contribution in [3.05, 3.63) is 69.5 Å². The maximum Gasteiger partial charge on any atom is 0.251 e. The van der Waals surface area contributed by atoms with E-state index in [2.05, 4.69) is 10.6 Å². The van der Waals surface area contributed by atoms with Gasteiger partial charge in [0.15, 0.2) is 0 Å². The quantitative estimate of drug-likeness (QED) is 0.636. The van der Waals surface area contributed by atoms with Crippen LogP contribution in [0.3, 0.4) is 0 Å². The van der Waals surface area contributed by atoms with Crippen LogP contribution in [0.25, 0.3) is 0 Å². The maximum absolute atomic E-state index is 15.5. The van der Waals surface area contributed by atoms with Crippen LogP contribution in [0, 0.1) is 5.82 Å². The second-order valence-corrected chi connectivity index (χ2v) is 7.69. The highest BCUT2D eigenvalue weighted by atomic mass is 35.5. The number of nitrogens with one attached hydrogen (secondary N) is 2. The predicted octanol–water partition coefficient (Wildman–Crippen LogP) is 3.04. The van der Waals surface area contributed by atoms with E-state index in [-0.39, 0.29) is 30.7 Å². The Bertz CT molecular complexity index is 962. The third kappa shape index (κ3) is 4.32. The lowest BCUT2D eigenvalue weighted by atomic mass is 9.70. The number of fused-ring (bicyclic) bond motifs is 1. The van der Waals surface area contributed by atoms with Crippen LogP contribution < -0.4 is 16.4 Å². The molecule has 2 aromatic rings. The molecule has 0 saturated heterocycles. The van der Waals surface area contributed by atoms with Gasteiger partial charge in [0.2, 0.25) is 5.91 Å². The third-order valence-electron chi connectivity index (χ3n) is 6.10. The van der Waals surface area contributed by atoms with E-state index in [1.54, 1.807) is 24.3 Å². The topological polar surface area (TPSA) is 84.2 Å². The molecule has 31 heavy (non-hydrogen) atoms. The molecule has 0 saturated carbocycles. The van der Waals surface area contributed by atoms with Crippen LogP contribution in [0.2, 0.25) is 0 Å². The largest absolute Gasteiger partial charge is 0.369 e.